The normalized spacial score (nSPS) is 38.3. The van der Waals surface area contributed by atoms with Crippen molar-refractivity contribution in [1.29, 1.82) is 0 Å². The minimum absolute atomic E-state index is 0.0619. The maximum atomic E-state index is 13.6. The maximum absolute atomic E-state index is 13.6. The van der Waals surface area contributed by atoms with Crippen molar-refractivity contribution in [3.05, 3.63) is 11.6 Å². The largest absolute Gasteiger partial charge is 0.466 e. The number of ketones is 2. The Balaban J connectivity index is 1.55. The third kappa shape index (κ3) is 4.40. The second kappa shape index (κ2) is 9.99. The summed E-state index contributed by atoms with van der Waals surface area (Å²) in [5.74, 6) is -1.13. The van der Waals surface area contributed by atoms with Gasteiger partial charge in [0.1, 0.15) is 6.17 Å². The van der Waals surface area contributed by atoms with E-state index < -0.39 is 23.1 Å². The first-order valence-corrected chi connectivity index (χ1v) is 12.9. The van der Waals surface area contributed by atoms with E-state index >= 15 is 0 Å². The zero-order valence-corrected chi connectivity index (χ0v) is 21.1. The van der Waals surface area contributed by atoms with Crippen molar-refractivity contribution in [1.82, 2.24) is 5.32 Å². The van der Waals surface area contributed by atoms with Crippen molar-refractivity contribution in [3.63, 3.8) is 0 Å². The van der Waals surface area contributed by atoms with E-state index in [0.717, 1.165) is 37.8 Å². The van der Waals surface area contributed by atoms with Crippen LogP contribution in [0.15, 0.2) is 11.6 Å². The van der Waals surface area contributed by atoms with Gasteiger partial charge in [0.25, 0.3) is 5.60 Å². The molecule has 0 radical (unpaired) electrons. The van der Waals surface area contributed by atoms with Crippen molar-refractivity contribution >= 4 is 23.5 Å². The number of rotatable bonds is 7. The highest BCUT2D eigenvalue weighted by molar-refractivity contribution is 6.23. The molecule has 0 aromatic carbocycles. The van der Waals surface area contributed by atoms with Crippen LogP contribution in [-0.2, 0) is 23.9 Å². The Morgan fingerprint density at radius 3 is 2.60 bits per heavy atom. The van der Waals surface area contributed by atoms with Gasteiger partial charge in [0.05, 0.1) is 26.7 Å². The SMILES string of the molecule is C[NH+]=C(N)NC(CC(C)=CCC12OC1(C(=O)OC)C(=O)C1CCCCC1C2=O)C1CC[NH2+]C(N)C1. The Morgan fingerprint density at radius 2 is 1.97 bits per heavy atom. The van der Waals surface area contributed by atoms with Crippen LogP contribution in [0.25, 0.3) is 0 Å². The number of guanidine groups is 1. The van der Waals surface area contributed by atoms with Gasteiger partial charge in [-0.15, -0.1) is 0 Å². The molecule has 10 nitrogen and oxygen atoms in total. The van der Waals surface area contributed by atoms with Crippen molar-refractivity contribution in [2.75, 3.05) is 20.7 Å². The zero-order valence-electron chi connectivity index (χ0n) is 21.1. The summed E-state index contributed by atoms with van der Waals surface area (Å²) in [7, 11) is 3.00. The van der Waals surface area contributed by atoms with E-state index in [1.807, 2.05) is 13.0 Å². The number of fused-ring (bicyclic) bond motifs is 2. The molecule has 2 aliphatic heterocycles. The molecule has 4 fully saturated rings. The third-order valence-electron chi connectivity index (χ3n) is 8.55. The second-order valence-corrected chi connectivity index (χ2v) is 10.7. The van der Waals surface area contributed by atoms with Crippen LogP contribution >= 0.6 is 0 Å². The van der Waals surface area contributed by atoms with Crippen LogP contribution < -0.4 is 27.1 Å². The zero-order chi connectivity index (χ0) is 25.4. The molecule has 4 rings (SSSR count). The molecule has 0 aromatic heterocycles. The van der Waals surface area contributed by atoms with Gasteiger partial charge in [-0.1, -0.05) is 24.5 Å². The van der Waals surface area contributed by atoms with E-state index in [-0.39, 0.29) is 36.1 Å². The monoisotopic (exact) mass is 491 g/mol. The number of hydrogen-bond acceptors (Lipinski definition) is 6. The Hall–Kier alpha value is -2.30. The lowest BCUT2D eigenvalue weighted by molar-refractivity contribution is -0.699. The van der Waals surface area contributed by atoms with E-state index in [1.54, 1.807) is 7.05 Å². The molecule has 10 heteroatoms. The van der Waals surface area contributed by atoms with Gasteiger partial charge in [-0.3, -0.25) is 31.4 Å². The van der Waals surface area contributed by atoms with Gasteiger partial charge in [0.15, 0.2) is 17.2 Å². The predicted molar refractivity (Wildman–Crippen MR) is 128 cm³/mol. The van der Waals surface area contributed by atoms with Crippen molar-refractivity contribution in [2.45, 2.75) is 81.7 Å². The number of Topliss-reactive ketones (excluding diaryl/α,β-unsaturated/α-hetero) is 2. The maximum Gasteiger partial charge on any atom is 0.349 e. The Kier molecular flexibility index (Phi) is 7.36. The average Bonchev–Trinajstić information content (AvgIpc) is 3.57. The first kappa shape index (κ1) is 25.8. The number of esters is 1. The number of hydrogen-bond donors (Lipinski definition) is 5. The van der Waals surface area contributed by atoms with Gasteiger partial charge >= 0.3 is 11.9 Å². The van der Waals surface area contributed by atoms with Gasteiger partial charge in [0, 0.05) is 43.4 Å². The quantitative estimate of drug-likeness (QED) is 0.0656. The van der Waals surface area contributed by atoms with Crippen molar-refractivity contribution in [2.24, 2.45) is 29.2 Å². The summed E-state index contributed by atoms with van der Waals surface area (Å²) in [5, 5.41) is 5.53. The van der Waals surface area contributed by atoms with Gasteiger partial charge in [-0.2, -0.15) is 0 Å². The molecule has 7 unspecified atom stereocenters. The van der Waals surface area contributed by atoms with E-state index in [4.69, 9.17) is 20.9 Å². The lowest BCUT2D eigenvalue weighted by atomic mass is 9.61. The molecule has 0 amide bonds. The number of piperidine rings is 1. The number of methoxy groups -OCH3 is 1. The standard InChI is InChI=1S/C25H39N5O5/c1-14(12-18(30-23(27)28-2)15-9-11-29-19(26)13-15)8-10-24-20(31)16-6-4-5-7-17(16)21(32)25(24,35-24)22(33)34-3/h8,15-19,29H,4-7,9-13,26H2,1-3H3,(H3,27,28,30)/p+2. The summed E-state index contributed by atoms with van der Waals surface area (Å²) in [5.41, 5.74) is 10.0. The summed E-state index contributed by atoms with van der Waals surface area (Å²) >= 11 is 0. The Labute approximate surface area is 206 Å². The number of quaternary nitrogens is 1. The molecule has 0 bridgehead atoms. The molecular weight excluding hydrogens is 450 g/mol. The third-order valence-corrected chi connectivity index (χ3v) is 8.55. The number of ether oxygens (including phenoxy) is 2. The second-order valence-electron chi connectivity index (χ2n) is 10.7. The minimum Gasteiger partial charge on any atom is -0.466 e. The summed E-state index contributed by atoms with van der Waals surface area (Å²) in [6, 6.07) is 0.0628. The van der Waals surface area contributed by atoms with Crippen LogP contribution in [0.1, 0.15) is 58.3 Å². The number of carbonyl (C=O) groups is 3. The molecule has 2 saturated carbocycles. The number of nitrogens with two attached hydrogens (primary N) is 3. The highest BCUT2D eigenvalue weighted by Crippen LogP contribution is 2.61. The average molecular weight is 492 g/mol. The van der Waals surface area contributed by atoms with Crippen LogP contribution in [0, 0.1) is 17.8 Å². The van der Waals surface area contributed by atoms with Crippen LogP contribution in [0.4, 0.5) is 0 Å². The van der Waals surface area contributed by atoms with E-state index in [0.29, 0.717) is 31.1 Å². The van der Waals surface area contributed by atoms with Gasteiger partial charge in [-0.25, -0.2) is 4.79 Å². The summed E-state index contributed by atoms with van der Waals surface area (Å²) < 4.78 is 10.9. The Bertz CT molecular complexity index is 935. The molecule has 194 valence electrons. The highest BCUT2D eigenvalue weighted by Gasteiger charge is 2.86. The van der Waals surface area contributed by atoms with Gasteiger partial charge < -0.3 is 14.8 Å². The topological polar surface area (TPSA) is 168 Å². The molecule has 2 aliphatic carbocycles. The van der Waals surface area contributed by atoms with E-state index in [1.165, 1.54) is 7.11 Å². The van der Waals surface area contributed by atoms with E-state index in [2.05, 4.69) is 15.6 Å². The fourth-order valence-electron chi connectivity index (χ4n) is 6.57. The molecule has 2 saturated heterocycles. The smallest absolute Gasteiger partial charge is 0.349 e. The molecule has 35 heavy (non-hydrogen) atoms. The van der Waals surface area contributed by atoms with E-state index in [9.17, 15) is 14.4 Å². The molecule has 7 atom stereocenters. The van der Waals surface area contributed by atoms with Gasteiger partial charge in [0.2, 0.25) is 0 Å². The minimum atomic E-state index is -1.79. The molecule has 8 N–H and O–H groups in total. The predicted octanol–water partition coefficient (Wildman–Crippen LogP) is -2.41. The molecular formula is C25H41N5O5+2. The molecule has 2 heterocycles. The first-order chi connectivity index (χ1) is 16.7. The molecule has 0 spiro atoms. The number of nitrogens with one attached hydrogen (secondary N) is 2. The van der Waals surface area contributed by atoms with Crippen LogP contribution in [-0.4, -0.2) is 67.6 Å². The van der Waals surface area contributed by atoms with Crippen molar-refractivity contribution < 1.29 is 34.2 Å². The fraction of sp³-hybridized carbons (Fsp3) is 0.760. The molecule has 4 aliphatic rings. The lowest BCUT2D eigenvalue weighted by Gasteiger charge is -2.36. The number of carbonyl (C=O) groups excluding carboxylic acids is 3. The number of epoxide rings is 1. The molecule has 0 aromatic rings. The van der Waals surface area contributed by atoms with Crippen LogP contribution in [0.5, 0.6) is 0 Å². The van der Waals surface area contributed by atoms with Crippen LogP contribution in [0.2, 0.25) is 0 Å². The first-order valence-electron chi connectivity index (χ1n) is 12.9. The summed E-state index contributed by atoms with van der Waals surface area (Å²) in [6.07, 6.45) is 7.85. The highest BCUT2D eigenvalue weighted by atomic mass is 16.7. The van der Waals surface area contributed by atoms with Crippen molar-refractivity contribution in [3.8, 4) is 0 Å². The lowest BCUT2D eigenvalue weighted by Crippen LogP contribution is -2.95. The van der Waals surface area contributed by atoms with Gasteiger partial charge in [-0.05, 0) is 19.8 Å². The van der Waals surface area contributed by atoms with Crippen LogP contribution in [0.3, 0.4) is 0 Å². The Morgan fingerprint density at radius 1 is 1.29 bits per heavy atom. The summed E-state index contributed by atoms with van der Waals surface area (Å²) in [4.78, 5) is 42.8. The summed E-state index contributed by atoms with van der Waals surface area (Å²) in [6.45, 7) is 2.96. The fourth-order valence-corrected chi connectivity index (χ4v) is 6.57.